The van der Waals surface area contributed by atoms with Crippen LogP contribution in [0.1, 0.15) is 41.0 Å². The van der Waals surface area contributed by atoms with Gasteiger partial charge < -0.3 is 0 Å². The maximum atomic E-state index is 11.8. The Kier molecular flexibility index (Phi) is 5.33. The molecule has 1 aliphatic heterocycles. The molecule has 4 nitrogen and oxygen atoms in total. The Morgan fingerprint density at radius 1 is 1.38 bits per heavy atom. The summed E-state index contributed by atoms with van der Waals surface area (Å²) in [5, 5.41) is 2.93. The van der Waals surface area contributed by atoms with Gasteiger partial charge in [0, 0.05) is 0 Å². The molecule has 1 saturated heterocycles. The SMILES string of the molecule is CC.CN(CB=O)C1(C)CC(C)(C)NC1=O. The molecule has 0 saturated carbocycles. The van der Waals surface area contributed by atoms with Crippen LogP contribution < -0.4 is 5.32 Å². The van der Waals surface area contributed by atoms with E-state index >= 15 is 0 Å². The molecule has 16 heavy (non-hydrogen) atoms. The first-order valence-electron chi connectivity index (χ1n) is 5.79. The van der Waals surface area contributed by atoms with Gasteiger partial charge in [0.05, 0.1) is 0 Å². The molecule has 1 atom stereocenters. The Morgan fingerprint density at radius 3 is 2.19 bits per heavy atom. The molecule has 0 aliphatic carbocycles. The average Bonchev–Trinajstić information content (AvgIpc) is 2.40. The van der Waals surface area contributed by atoms with Gasteiger partial charge in [-0.05, 0) is 0 Å². The number of nitrogens with one attached hydrogen (secondary N) is 1. The molecule has 5 heteroatoms. The summed E-state index contributed by atoms with van der Waals surface area (Å²) in [7, 11) is 2.62. The standard InChI is InChI=1S/C9H17BN2O2.C2H6/c1-8(2)5-9(3,7(13)11-8)12(4)6-10-14;1-2/h5-6H2,1-4H3,(H,11,13);1-2H3. The van der Waals surface area contributed by atoms with Crippen LogP contribution in [0.2, 0.25) is 0 Å². The van der Waals surface area contributed by atoms with Crippen LogP contribution in [0.5, 0.6) is 0 Å². The molecule has 0 aromatic rings. The molecular formula is C11H23BN2O2. The topological polar surface area (TPSA) is 49.4 Å². The van der Waals surface area contributed by atoms with Crippen molar-refractivity contribution in [2.24, 2.45) is 0 Å². The van der Waals surface area contributed by atoms with Gasteiger partial charge in [0.25, 0.3) is 0 Å². The molecule has 0 spiro atoms. The summed E-state index contributed by atoms with van der Waals surface area (Å²) in [6.45, 7) is 9.86. The molecule has 92 valence electrons. The van der Waals surface area contributed by atoms with Crippen molar-refractivity contribution in [1.82, 2.24) is 10.2 Å². The zero-order chi connectivity index (χ0) is 13.0. The molecule has 1 rings (SSSR count). The predicted octanol–water partition coefficient (Wildman–Crippen LogP) is 1.01. The van der Waals surface area contributed by atoms with E-state index < -0.39 is 5.54 Å². The second-order valence-electron chi connectivity index (χ2n) is 4.84. The van der Waals surface area contributed by atoms with Crippen molar-refractivity contribution >= 4 is 13.1 Å². The first-order chi connectivity index (χ1) is 7.32. The van der Waals surface area contributed by atoms with Crippen LogP contribution >= 0.6 is 0 Å². The third kappa shape index (κ3) is 3.14. The number of rotatable bonds is 3. The fourth-order valence-corrected chi connectivity index (χ4v) is 2.05. The number of amides is 1. The summed E-state index contributed by atoms with van der Waals surface area (Å²) in [5.41, 5.74) is -0.729. The van der Waals surface area contributed by atoms with Gasteiger partial charge in [-0.3, -0.25) is 0 Å². The Hall–Kier alpha value is -0.705. The number of carbonyl (C=O) groups excluding carboxylic acids is 1. The molecule has 1 fully saturated rings. The molecule has 0 radical (unpaired) electrons. The maximum absolute atomic E-state index is 11.8. The van der Waals surface area contributed by atoms with Gasteiger partial charge in [-0.1, -0.05) is 13.8 Å². The van der Waals surface area contributed by atoms with E-state index in [1.54, 1.807) is 11.9 Å². The van der Waals surface area contributed by atoms with E-state index in [4.69, 9.17) is 0 Å². The van der Waals surface area contributed by atoms with Gasteiger partial charge in [-0.2, -0.15) is 0 Å². The van der Waals surface area contributed by atoms with Crippen molar-refractivity contribution in [2.75, 3.05) is 13.5 Å². The van der Waals surface area contributed by atoms with E-state index in [0.717, 1.165) is 13.6 Å². The number of carbonyl (C=O) groups is 1. The monoisotopic (exact) mass is 226 g/mol. The van der Waals surface area contributed by atoms with Gasteiger partial charge >= 0.3 is 84.5 Å². The average molecular weight is 226 g/mol. The molecule has 1 unspecified atom stereocenters. The fraction of sp³-hybridized carbons (Fsp3) is 0.909. The second-order valence-corrected chi connectivity index (χ2v) is 4.84. The Balaban J connectivity index is 0.00000106. The normalized spacial score (nSPS) is 26.8. The Bertz CT molecular complexity index is 269. The summed E-state index contributed by atoms with van der Waals surface area (Å²) in [6, 6.07) is 0. The zero-order valence-corrected chi connectivity index (χ0v) is 11.3. The summed E-state index contributed by atoms with van der Waals surface area (Å²) in [4.78, 5) is 13.6. The molecule has 1 aliphatic rings. The van der Waals surface area contributed by atoms with Crippen molar-refractivity contribution in [3.8, 4) is 0 Å². The number of hydrogen-bond acceptors (Lipinski definition) is 3. The van der Waals surface area contributed by atoms with Crippen LogP contribution in [0.3, 0.4) is 0 Å². The molecule has 1 amide bonds. The van der Waals surface area contributed by atoms with E-state index in [9.17, 15) is 9.50 Å². The number of nitrogens with zero attached hydrogens (tertiary/aromatic N) is 1. The van der Waals surface area contributed by atoms with E-state index in [0.29, 0.717) is 6.44 Å². The quantitative estimate of drug-likeness (QED) is 0.730. The van der Waals surface area contributed by atoms with Crippen molar-refractivity contribution in [3.05, 3.63) is 0 Å². The van der Waals surface area contributed by atoms with E-state index in [1.165, 1.54) is 0 Å². The molecule has 0 aromatic heterocycles. The van der Waals surface area contributed by atoms with Crippen molar-refractivity contribution in [2.45, 2.75) is 52.1 Å². The van der Waals surface area contributed by atoms with Crippen molar-refractivity contribution in [1.29, 1.82) is 0 Å². The first kappa shape index (κ1) is 15.3. The van der Waals surface area contributed by atoms with Crippen LogP contribution in [-0.2, 0) is 9.50 Å². The minimum absolute atomic E-state index is 0.00634. The Labute approximate surface area is 99.0 Å². The molecule has 0 bridgehead atoms. The third-order valence-electron chi connectivity index (χ3n) is 2.92. The van der Waals surface area contributed by atoms with Gasteiger partial charge in [-0.15, -0.1) is 0 Å². The second kappa shape index (κ2) is 5.57. The zero-order valence-electron chi connectivity index (χ0n) is 11.3. The van der Waals surface area contributed by atoms with E-state index in [1.807, 2.05) is 34.6 Å². The molecule has 1 heterocycles. The third-order valence-corrected chi connectivity index (χ3v) is 2.92. The number of likely N-dealkylation sites (N-methyl/N-ethyl adjacent to an activating group) is 1. The summed E-state index contributed by atoms with van der Waals surface area (Å²) in [6.07, 6.45) is 1.02. The summed E-state index contributed by atoms with van der Waals surface area (Å²) < 4.78 is 10.4. The van der Waals surface area contributed by atoms with Crippen LogP contribution in [0.25, 0.3) is 0 Å². The van der Waals surface area contributed by atoms with E-state index in [2.05, 4.69) is 5.32 Å². The predicted molar refractivity (Wildman–Crippen MR) is 65.7 cm³/mol. The van der Waals surface area contributed by atoms with Crippen molar-refractivity contribution in [3.63, 3.8) is 0 Å². The first-order valence-corrected chi connectivity index (χ1v) is 5.79. The van der Waals surface area contributed by atoms with Crippen LogP contribution in [0.15, 0.2) is 0 Å². The van der Waals surface area contributed by atoms with Crippen molar-refractivity contribution < 1.29 is 9.50 Å². The summed E-state index contributed by atoms with van der Waals surface area (Å²) in [5.74, 6) is 0.00634. The molecule has 0 aromatic carbocycles. The van der Waals surface area contributed by atoms with Crippen LogP contribution in [0.4, 0.5) is 0 Å². The van der Waals surface area contributed by atoms with E-state index in [-0.39, 0.29) is 11.4 Å². The van der Waals surface area contributed by atoms with Crippen LogP contribution in [0, 0.1) is 0 Å². The van der Waals surface area contributed by atoms with Gasteiger partial charge in [0.1, 0.15) is 0 Å². The van der Waals surface area contributed by atoms with Gasteiger partial charge in [0.2, 0.25) is 0 Å². The van der Waals surface area contributed by atoms with Gasteiger partial charge in [-0.25, -0.2) is 0 Å². The molecular weight excluding hydrogens is 203 g/mol. The fourth-order valence-electron chi connectivity index (χ4n) is 2.05. The Morgan fingerprint density at radius 2 is 1.88 bits per heavy atom. The van der Waals surface area contributed by atoms with Crippen LogP contribution in [-0.4, -0.2) is 42.5 Å². The minimum atomic E-state index is -0.551. The number of hydrogen-bond donors (Lipinski definition) is 1. The summed E-state index contributed by atoms with van der Waals surface area (Å²) >= 11 is 0. The van der Waals surface area contributed by atoms with Gasteiger partial charge in [0.15, 0.2) is 0 Å². The molecule has 1 N–H and O–H groups in total.